The molecule has 0 heterocycles. The van der Waals surface area contributed by atoms with E-state index >= 15 is 0 Å². The normalized spacial score (nSPS) is 12.6. The van der Waals surface area contributed by atoms with Crippen molar-refractivity contribution in [2.75, 3.05) is 13.7 Å². The molecule has 0 aliphatic heterocycles. The Hall–Kier alpha value is -1.13. The van der Waals surface area contributed by atoms with Crippen LogP contribution in [0.4, 0.5) is 4.39 Å². The molecule has 0 aliphatic rings. The van der Waals surface area contributed by atoms with Gasteiger partial charge < -0.3 is 15.6 Å². The second kappa shape index (κ2) is 4.20. The third kappa shape index (κ3) is 2.17. The Labute approximate surface area is 75.9 Å². The van der Waals surface area contributed by atoms with E-state index in [2.05, 4.69) is 0 Å². The number of benzene rings is 1. The van der Waals surface area contributed by atoms with Gasteiger partial charge in [0.25, 0.3) is 0 Å². The molecule has 0 amide bonds. The first-order valence-electron chi connectivity index (χ1n) is 3.89. The average Bonchev–Trinajstić information content (AvgIpc) is 2.16. The van der Waals surface area contributed by atoms with E-state index in [1.54, 1.807) is 6.07 Å². The van der Waals surface area contributed by atoms with Crippen LogP contribution in [-0.2, 0) is 0 Å². The highest BCUT2D eigenvalue weighted by Gasteiger charge is 2.08. The number of ether oxygens (including phenoxy) is 1. The summed E-state index contributed by atoms with van der Waals surface area (Å²) in [4.78, 5) is 0. The molecule has 3 nitrogen and oxygen atoms in total. The molecule has 0 aromatic heterocycles. The van der Waals surface area contributed by atoms with Gasteiger partial charge in [0, 0.05) is 0 Å². The molecule has 3 N–H and O–H groups in total. The van der Waals surface area contributed by atoms with Crippen molar-refractivity contribution in [3.05, 3.63) is 29.6 Å². The lowest BCUT2D eigenvalue weighted by Crippen LogP contribution is -2.14. The van der Waals surface area contributed by atoms with Crippen LogP contribution in [0.5, 0.6) is 5.75 Å². The minimum atomic E-state index is -0.541. The summed E-state index contributed by atoms with van der Waals surface area (Å²) in [5.41, 5.74) is 6.05. The number of rotatable bonds is 3. The van der Waals surface area contributed by atoms with Gasteiger partial charge in [-0.1, -0.05) is 6.07 Å². The molecule has 1 aromatic carbocycles. The van der Waals surface area contributed by atoms with Crippen molar-refractivity contribution in [1.29, 1.82) is 0 Å². The third-order valence-corrected chi connectivity index (χ3v) is 1.80. The van der Waals surface area contributed by atoms with Crippen LogP contribution < -0.4 is 10.5 Å². The Morgan fingerprint density at radius 2 is 2.31 bits per heavy atom. The topological polar surface area (TPSA) is 55.5 Å². The molecule has 1 aromatic rings. The molecule has 0 saturated heterocycles. The lowest BCUT2D eigenvalue weighted by atomic mass is 10.1. The fourth-order valence-electron chi connectivity index (χ4n) is 1.02. The first kappa shape index (κ1) is 9.95. The monoisotopic (exact) mass is 185 g/mol. The zero-order valence-electron chi connectivity index (χ0n) is 7.33. The van der Waals surface area contributed by atoms with Crippen LogP contribution in [0.15, 0.2) is 18.2 Å². The van der Waals surface area contributed by atoms with Crippen LogP contribution in [0, 0.1) is 5.82 Å². The van der Waals surface area contributed by atoms with Crippen molar-refractivity contribution < 1.29 is 14.2 Å². The number of aliphatic hydroxyl groups excluding tert-OH is 1. The van der Waals surface area contributed by atoms with Gasteiger partial charge in [-0.2, -0.15) is 0 Å². The Kier molecular flexibility index (Phi) is 3.22. The van der Waals surface area contributed by atoms with Crippen molar-refractivity contribution in [1.82, 2.24) is 0 Å². The van der Waals surface area contributed by atoms with Crippen LogP contribution in [0.1, 0.15) is 11.6 Å². The molecule has 72 valence electrons. The summed E-state index contributed by atoms with van der Waals surface area (Å²) in [6.45, 7) is -0.203. The molecule has 0 saturated carbocycles. The molecule has 0 radical (unpaired) electrons. The van der Waals surface area contributed by atoms with Crippen molar-refractivity contribution >= 4 is 0 Å². The summed E-state index contributed by atoms with van der Waals surface area (Å²) in [6.07, 6.45) is 0. The van der Waals surface area contributed by atoms with Gasteiger partial charge in [0.1, 0.15) is 0 Å². The summed E-state index contributed by atoms with van der Waals surface area (Å²) in [7, 11) is 1.39. The third-order valence-electron chi connectivity index (χ3n) is 1.80. The van der Waals surface area contributed by atoms with E-state index in [1.165, 1.54) is 19.2 Å². The van der Waals surface area contributed by atoms with Crippen LogP contribution in [-0.4, -0.2) is 18.8 Å². The summed E-state index contributed by atoms with van der Waals surface area (Å²) in [6, 6.07) is 3.84. The summed E-state index contributed by atoms with van der Waals surface area (Å²) < 4.78 is 17.8. The second-order valence-electron chi connectivity index (χ2n) is 2.68. The van der Waals surface area contributed by atoms with Crippen LogP contribution in [0.25, 0.3) is 0 Å². The van der Waals surface area contributed by atoms with Gasteiger partial charge in [0.2, 0.25) is 0 Å². The van der Waals surface area contributed by atoms with E-state index in [9.17, 15) is 4.39 Å². The fourth-order valence-corrected chi connectivity index (χ4v) is 1.02. The zero-order chi connectivity index (χ0) is 9.84. The van der Waals surface area contributed by atoms with E-state index in [4.69, 9.17) is 15.6 Å². The Morgan fingerprint density at radius 1 is 1.62 bits per heavy atom. The first-order chi connectivity index (χ1) is 6.19. The molecule has 0 fully saturated rings. The quantitative estimate of drug-likeness (QED) is 0.733. The molecule has 4 heteroatoms. The highest BCUT2D eigenvalue weighted by Crippen LogP contribution is 2.20. The number of aliphatic hydroxyl groups is 1. The molecule has 1 atom stereocenters. The SMILES string of the molecule is COc1ccc([C@H](N)CO)cc1F. The molecular weight excluding hydrogens is 173 g/mol. The molecule has 0 spiro atoms. The number of hydrogen-bond acceptors (Lipinski definition) is 3. The van der Waals surface area contributed by atoms with Crippen LogP contribution in [0.2, 0.25) is 0 Å². The van der Waals surface area contributed by atoms with Gasteiger partial charge in [0.05, 0.1) is 19.8 Å². The number of methoxy groups -OCH3 is 1. The zero-order valence-corrected chi connectivity index (χ0v) is 7.33. The lowest BCUT2D eigenvalue weighted by molar-refractivity contribution is 0.267. The summed E-state index contributed by atoms with van der Waals surface area (Å²) in [5, 5.41) is 8.73. The number of halogens is 1. The van der Waals surface area contributed by atoms with Gasteiger partial charge in [-0.25, -0.2) is 4.39 Å². The number of hydrogen-bond donors (Lipinski definition) is 2. The standard InChI is InChI=1S/C9H12FNO2/c1-13-9-3-2-6(4-7(9)10)8(11)5-12/h2-4,8,12H,5,11H2,1H3/t8-/m1/s1. The smallest absolute Gasteiger partial charge is 0.165 e. The fraction of sp³-hybridized carbons (Fsp3) is 0.333. The highest BCUT2D eigenvalue weighted by atomic mass is 19.1. The maximum Gasteiger partial charge on any atom is 0.165 e. The average molecular weight is 185 g/mol. The van der Waals surface area contributed by atoms with Crippen LogP contribution in [0.3, 0.4) is 0 Å². The van der Waals surface area contributed by atoms with Gasteiger partial charge in [-0.3, -0.25) is 0 Å². The predicted molar refractivity (Wildman–Crippen MR) is 47.0 cm³/mol. The van der Waals surface area contributed by atoms with Gasteiger partial charge in [0.15, 0.2) is 11.6 Å². The van der Waals surface area contributed by atoms with E-state index in [0.29, 0.717) is 5.56 Å². The second-order valence-corrected chi connectivity index (χ2v) is 2.68. The minimum absolute atomic E-state index is 0.175. The first-order valence-corrected chi connectivity index (χ1v) is 3.89. The maximum absolute atomic E-state index is 13.1. The van der Waals surface area contributed by atoms with Crippen molar-refractivity contribution in [2.24, 2.45) is 5.73 Å². The molecule has 0 unspecified atom stereocenters. The van der Waals surface area contributed by atoms with E-state index < -0.39 is 11.9 Å². The lowest BCUT2D eigenvalue weighted by Gasteiger charge is -2.09. The Morgan fingerprint density at radius 3 is 2.77 bits per heavy atom. The molecule has 0 aliphatic carbocycles. The van der Waals surface area contributed by atoms with Gasteiger partial charge in [-0.05, 0) is 17.7 Å². The Balaban J connectivity index is 2.95. The highest BCUT2D eigenvalue weighted by molar-refractivity contribution is 5.30. The van der Waals surface area contributed by atoms with Crippen LogP contribution >= 0.6 is 0 Å². The maximum atomic E-state index is 13.1. The molecular formula is C9H12FNO2. The number of nitrogens with two attached hydrogens (primary N) is 1. The Bertz CT molecular complexity index is 291. The van der Waals surface area contributed by atoms with Crippen molar-refractivity contribution in [3.8, 4) is 5.75 Å². The van der Waals surface area contributed by atoms with E-state index in [-0.39, 0.29) is 12.4 Å². The predicted octanol–water partition coefficient (Wildman–Crippen LogP) is 0.826. The van der Waals surface area contributed by atoms with E-state index in [0.717, 1.165) is 0 Å². The summed E-state index contributed by atoms with van der Waals surface area (Å²) >= 11 is 0. The van der Waals surface area contributed by atoms with E-state index in [1.807, 2.05) is 0 Å². The molecule has 13 heavy (non-hydrogen) atoms. The summed E-state index contributed by atoms with van der Waals surface area (Å²) in [5.74, 6) is -0.294. The molecule has 1 rings (SSSR count). The molecule has 0 bridgehead atoms. The van der Waals surface area contributed by atoms with Crippen molar-refractivity contribution in [3.63, 3.8) is 0 Å². The van der Waals surface area contributed by atoms with Gasteiger partial charge in [-0.15, -0.1) is 0 Å². The van der Waals surface area contributed by atoms with Crippen molar-refractivity contribution in [2.45, 2.75) is 6.04 Å². The largest absolute Gasteiger partial charge is 0.494 e. The minimum Gasteiger partial charge on any atom is -0.494 e. The van der Waals surface area contributed by atoms with Gasteiger partial charge >= 0.3 is 0 Å².